The molecule has 5 nitrogen and oxygen atoms in total. The third-order valence-electron chi connectivity index (χ3n) is 5.75. The van der Waals surface area contributed by atoms with Gasteiger partial charge in [0.15, 0.2) is 11.6 Å². The largest absolute Gasteiger partial charge is 0.508 e. The lowest BCUT2D eigenvalue weighted by Gasteiger charge is -2.36. The zero-order valence-corrected chi connectivity index (χ0v) is 18.0. The smallest absolute Gasteiger partial charge is 0.210 e. The summed E-state index contributed by atoms with van der Waals surface area (Å²) in [7, 11) is 0. The van der Waals surface area contributed by atoms with Crippen molar-refractivity contribution in [3.05, 3.63) is 86.7 Å². The number of hydrogen-bond donors (Lipinski definition) is 2. The van der Waals surface area contributed by atoms with Crippen LogP contribution in [0.2, 0.25) is 5.02 Å². The van der Waals surface area contributed by atoms with Crippen LogP contribution in [0.3, 0.4) is 0 Å². The van der Waals surface area contributed by atoms with Crippen LogP contribution in [0.1, 0.15) is 65.3 Å². The number of carbonyl (C=O) groups is 3. The number of phenols is 1. The number of fused-ring (bicyclic) bond motifs is 1. The molecule has 3 aliphatic rings. The van der Waals surface area contributed by atoms with Crippen LogP contribution < -0.4 is 5.32 Å². The molecule has 0 saturated carbocycles. The Morgan fingerprint density at radius 1 is 0.903 bits per heavy atom. The summed E-state index contributed by atoms with van der Waals surface area (Å²) in [4.78, 5) is 39.5. The molecule has 1 heterocycles. The van der Waals surface area contributed by atoms with Gasteiger partial charge < -0.3 is 10.4 Å². The predicted octanol–water partition coefficient (Wildman–Crippen LogP) is 5.10. The van der Waals surface area contributed by atoms with E-state index < -0.39 is 5.92 Å². The van der Waals surface area contributed by atoms with Crippen LogP contribution in [0.5, 0.6) is 5.75 Å². The van der Waals surface area contributed by atoms with Crippen molar-refractivity contribution in [3.8, 4) is 5.75 Å². The zero-order valence-electron chi connectivity index (χ0n) is 17.3. The fourth-order valence-corrected chi connectivity index (χ4v) is 4.57. The van der Waals surface area contributed by atoms with Crippen molar-refractivity contribution < 1.29 is 19.5 Å². The monoisotopic (exact) mass is 435 g/mol. The van der Waals surface area contributed by atoms with Crippen LogP contribution in [-0.2, 0) is 4.79 Å². The average molecular weight is 436 g/mol. The number of allylic oxidation sites excluding steroid dienone is 4. The van der Waals surface area contributed by atoms with E-state index in [4.69, 9.17) is 11.6 Å². The number of nitrogens with one attached hydrogen (secondary N) is 1. The van der Waals surface area contributed by atoms with Gasteiger partial charge in [-0.25, -0.2) is 0 Å². The SMILES string of the molecule is CC.O=C1CCCC2=C1C(c1ccc(Cl)cc1)C1=C(N2)C(=O)c2cc(O)ccc2C1=O. The number of rotatable bonds is 1. The van der Waals surface area contributed by atoms with Crippen LogP contribution in [0.25, 0.3) is 0 Å². The molecule has 5 rings (SSSR count). The molecular formula is C25H22ClNO4. The Balaban J connectivity index is 0.00000112. The lowest BCUT2D eigenvalue weighted by Crippen LogP contribution is -2.40. The van der Waals surface area contributed by atoms with Crippen LogP contribution >= 0.6 is 11.6 Å². The summed E-state index contributed by atoms with van der Waals surface area (Å²) < 4.78 is 0. The van der Waals surface area contributed by atoms with Gasteiger partial charge in [0.05, 0.1) is 5.70 Å². The van der Waals surface area contributed by atoms with Crippen molar-refractivity contribution in [2.45, 2.75) is 39.0 Å². The molecule has 31 heavy (non-hydrogen) atoms. The van der Waals surface area contributed by atoms with Gasteiger partial charge in [-0.1, -0.05) is 37.6 Å². The third-order valence-corrected chi connectivity index (χ3v) is 6.00. The molecule has 0 saturated heterocycles. The first-order valence-electron chi connectivity index (χ1n) is 10.4. The highest BCUT2D eigenvalue weighted by atomic mass is 35.5. The van der Waals surface area contributed by atoms with Crippen LogP contribution in [0.15, 0.2) is 65.0 Å². The van der Waals surface area contributed by atoms with E-state index in [9.17, 15) is 19.5 Å². The van der Waals surface area contributed by atoms with E-state index in [1.54, 1.807) is 24.3 Å². The Morgan fingerprint density at radius 3 is 2.32 bits per heavy atom. The molecule has 0 aromatic heterocycles. The predicted molar refractivity (Wildman–Crippen MR) is 118 cm³/mol. The van der Waals surface area contributed by atoms with Crippen LogP contribution in [0, 0.1) is 0 Å². The van der Waals surface area contributed by atoms with Gasteiger partial charge in [-0.2, -0.15) is 0 Å². The molecule has 0 amide bonds. The molecule has 2 N–H and O–H groups in total. The van der Waals surface area contributed by atoms with Crippen LogP contribution in [0.4, 0.5) is 0 Å². The topological polar surface area (TPSA) is 83.5 Å². The molecule has 1 atom stereocenters. The summed E-state index contributed by atoms with van der Waals surface area (Å²) in [5.74, 6) is -1.38. The van der Waals surface area contributed by atoms with E-state index in [2.05, 4.69) is 5.32 Å². The molecule has 2 aromatic carbocycles. The number of ketones is 3. The number of aromatic hydroxyl groups is 1. The van der Waals surface area contributed by atoms with E-state index in [0.29, 0.717) is 35.6 Å². The Labute approximate surface area is 185 Å². The Hall–Kier alpha value is -3.18. The Bertz CT molecular complexity index is 1170. The standard InChI is InChI=1S/C23H16ClNO4.C2H6/c24-12-6-4-11(5-7-12)18-19-16(2-1-3-17(19)27)25-21-20(18)22(28)14-9-8-13(26)10-15(14)23(21)29;1-2/h4-10,18,25-26H,1-3H2;1-2H3. The number of benzene rings is 2. The number of Topliss-reactive ketones (excluding diaryl/α,β-unsaturated/α-hetero) is 3. The van der Waals surface area contributed by atoms with Crippen molar-refractivity contribution in [1.29, 1.82) is 0 Å². The lowest BCUT2D eigenvalue weighted by atomic mass is 9.70. The second kappa shape index (κ2) is 8.16. The minimum atomic E-state index is -0.621. The first-order valence-corrected chi connectivity index (χ1v) is 10.8. The van der Waals surface area contributed by atoms with E-state index in [-0.39, 0.29) is 45.5 Å². The molecule has 0 spiro atoms. The van der Waals surface area contributed by atoms with Gasteiger partial charge in [0.2, 0.25) is 5.78 Å². The van der Waals surface area contributed by atoms with Crippen molar-refractivity contribution >= 4 is 29.0 Å². The van der Waals surface area contributed by atoms with Gasteiger partial charge >= 0.3 is 0 Å². The second-order valence-electron chi connectivity index (χ2n) is 7.46. The first kappa shape index (κ1) is 21.1. The maximum absolute atomic E-state index is 13.4. The number of dihydropyridines is 1. The minimum Gasteiger partial charge on any atom is -0.508 e. The number of halogens is 1. The number of phenolic OH excluding ortho intramolecular Hbond substituents is 1. The average Bonchev–Trinajstić information content (AvgIpc) is 2.78. The highest BCUT2D eigenvalue weighted by molar-refractivity contribution is 6.30. The molecular weight excluding hydrogens is 414 g/mol. The number of hydrogen-bond acceptors (Lipinski definition) is 5. The highest BCUT2D eigenvalue weighted by Crippen LogP contribution is 2.46. The van der Waals surface area contributed by atoms with Crippen molar-refractivity contribution in [3.63, 3.8) is 0 Å². The zero-order chi connectivity index (χ0) is 22.3. The van der Waals surface area contributed by atoms with Gasteiger partial charge in [-0.05, 0) is 48.7 Å². The second-order valence-corrected chi connectivity index (χ2v) is 7.89. The molecule has 0 fully saturated rings. The van der Waals surface area contributed by atoms with Gasteiger partial charge in [0.25, 0.3) is 0 Å². The Morgan fingerprint density at radius 2 is 1.61 bits per heavy atom. The van der Waals surface area contributed by atoms with Gasteiger partial charge in [-0.3, -0.25) is 14.4 Å². The summed E-state index contributed by atoms with van der Waals surface area (Å²) in [6.07, 6.45) is 1.75. The van der Waals surface area contributed by atoms with Crippen molar-refractivity contribution in [2.75, 3.05) is 0 Å². The molecule has 1 unspecified atom stereocenters. The summed E-state index contributed by atoms with van der Waals surface area (Å²) in [6.45, 7) is 4.00. The summed E-state index contributed by atoms with van der Waals surface area (Å²) >= 11 is 6.04. The normalized spacial score (nSPS) is 19.7. The molecule has 158 valence electrons. The van der Waals surface area contributed by atoms with E-state index in [1.165, 1.54) is 18.2 Å². The third kappa shape index (κ3) is 3.39. The lowest BCUT2D eigenvalue weighted by molar-refractivity contribution is -0.116. The van der Waals surface area contributed by atoms with Crippen molar-refractivity contribution in [1.82, 2.24) is 5.32 Å². The summed E-state index contributed by atoms with van der Waals surface area (Å²) in [5, 5.41) is 13.4. The van der Waals surface area contributed by atoms with Crippen LogP contribution in [-0.4, -0.2) is 22.5 Å². The molecule has 0 radical (unpaired) electrons. The van der Waals surface area contributed by atoms with Gasteiger partial charge in [0, 0.05) is 45.3 Å². The summed E-state index contributed by atoms with van der Waals surface area (Å²) in [6, 6.07) is 11.2. The molecule has 1 aliphatic heterocycles. The molecule has 2 aliphatic carbocycles. The minimum absolute atomic E-state index is 0.0120. The fourth-order valence-electron chi connectivity index (χ4n) is 4.45. The van der Waals surface area contributed by atoms with Crippen molar-refractivity contribution in [2.24, 2.45) is 0 Å². The highest BCUT2D eigenvalue weighted by Gasteiger charge is 2.44. The quantitative estimate of drug-likeness (QED) is 0.651. The van der Waals surface area contributed by atoms with E-state index in [0.717, 1.165) is 5.56 Å². The van der Waals surface area contributed by atoms with E-state index >= 15 is 0 Å². The first-order chi connectivity index (χ1) is 15.0. The molecule has 0 bridgehead atoms. The maximum atomic E-state index is 13.4. The Kier molecular flexibility index (Phi) is 5.54. The maximum Gasteiger partial charge on any atom is 0.210 e. The molecule has 2 aromatic rings. The number of carbonyl (C=O) groups excluding carboxylic acids is 3. The fraction of sp³-hybridized carbons (Fsp3) is 0.240. The molecule has 6 heteroatoms. The summed E-state index contributed by atoms with van der Waals surface area (Å²) in [5.41, 5.74) is 2.88. The van der Waals surface area contributed by atoms with Gasteiger partial charge in [0.1, 0.15) is 5.75 Å². The van der Waals surface area contributed by atoms with Gasteiger partial charge in [-0.15, -0.1) is 0 Å². The van der Waals surface area contributed by atoms with E-state index in [1.807, 2.05) is 13.8 Å².